The van der Waals surface area contributed by atoms with Crippen molar-refractivity contribution < 1.29 is 4.79 Å². The minimum atomic E-state index is -0.475. The van der Waals surface area contributed by atoms with E-state index in [-0.39, 0.29) is 16.1 Å². The molecule has 0 unspecified atom stereocenters. The Hall–Kier alpha value is -1.99. The molecule has 0 fully saturated rings. The molecule has 0 atom stereocenters. The van der Waals surface area contributed by atoms with Crippen LogP contribution in [0.25, 0.3) is 0 Å². The number of anilines is 2. The molecule has 0 saturated heterocycles. The molecule has 0 aromatic carbocycles. The number of hydrogen-bond donors (Lipinski definition) is 1. The minimum Gasteiger partial charge on any atom is -0.347 e. The Kier molecular flexibility index (Phi) is 4.31. The Labute approximate surface area is 125 Å². The fourth-order valence-corrected chi connectivity index (χ4v) is 1.73. The third-order valence-corrected chi connectivity index (χ3v) is 2.56. The molecule has 9 heteroatoms. The quantitative estimate of drug-likeness (QED) is 0.688. The van der Waals surface area contributed by atoms with Crippen LogP contribution in [0.4, 0.5) is 11.6 Å². The van der Waals surface area contributed by atoms with Crippen molar-refractivity contribution in [3.8, 4) is 0 Å². The van der Waals surface area contributed by atoms with Crippen LogP contribution in [0, 0.1) is 0 Å². The highest BCUT2D eigenvalue weighted by Crippen LogP contribution is 2.13. The molecule has 0 saturated carbocycles. The maximum atomic E-state index is 12.0. The highest BCUT2D eigenvalue weighted by Gasteiger charge is 2.11. The molecule has 2 aromatic rings. The summed E-state index contributed by atoms with van der Waals surface area (Å²) in [4.78, 5) is 29.3. The van der Waals surface area contributed by atoms with Crippen LogP contribution < -0.4 is 10.2 Å². The van der Waals surface area contributed by atoms with E-state index in [0.717, 1.165) is 0 Å². The molecule has 0 aliphatic rings. The second kappa shape index (κ2) is 5.98. The number of rotatable bonds is 3. The normalized spacial score (nSPS) is 10.2. The molecule has 2 rings (SSSR count). The second-order valence-corrected chi connectivity index (χ2v) is 4.69. The number of nitrogens with zero attached hydrogens (tertiary/aromatic N) is 5. The molecular weight excluding hydrogens is 303 g/mol. The fraction of sp³-hybridized carbons (Fsp3) is 0.182. The number of halogens is 2. The zero-order valence-electron chi connectivity index (χ0n) is 10.6. The maximum absolute atomic E-state index is 12.0. The van der Waals surface area contributed by atoms with E-state index in [0.29, 0.717) is 11.6 Å². The van der Waals surface area contributed by atoms with E-state index in [9.17, 15) is 4.79 Å². The molecular formula is C11H10Cl2N6O. The molecule has 0 bridgehead atoms. The van der Waals surface area contributed by atoms with E-state index >= 15 is 0 Å². The van der Waals surface area contributed by atoms with Crippen LogP contribution in [0.2, 0.25) is 10.4 Å². The first-order chi connectivity index (χ1) is 9.45. The van der Waals surface area contributed by atoms with Crippen molar-refractivity contribution in [2.75, 3.05) is 24.3 Å². The number of aromatic nitrogens is 4. The van der Waals surface area contributed by atoms with Crippen molar-refractivity contribution in [2.45, 2.75) is 0 Å². The lowest BCUT2D eigenvalue weighted by atomic mass is 10.3. The fourth-order valence-electron chi connectivity index (χ4n) is 1.32. The molecule has 0 radical (unpaired) electrons. The van der Waals surface area contributed by atoms with Crippen molar-refractivity contribution in [2.24, 2.45) is 0 Å². The van der Waals surface area contributed by atoms with Gasteiger partial charge in [0.2, 0.25) is 11.2 Å². The molecule has 0 aliphatic carbocycles. The van der Waals surface area contributed by atoms with Crippen LogP contribution in [0.5, 0.6) is 0 Å². The van der Waals surface area contributed by atoms with Gasteiger partial charge in [-0.05, 0) is 11.6 Å². The van der Waals surface area contributed by atoms with Gasteiger partial charge in [-0.1, -0.05) is 11.6 Å². The summed E-state index contributed by atoms with van der Waals surface area (Å²) in [6, 6.07) is 1.32. The zero-order chi connectivity index (χ0) is 14.7. The van der Waals surface area contributed by atoms with Gasteiger partial charge < -0.3 is 10.2 Å². The first-order valence-corrected chi connectivity index (χ1v) is 6.22. The first kappa shape index (κ1) is 14.4. The minimum absolute atomic E-state index is 0.0617. The van der Waals surface area contributed by atoms with Gasteiger partial charge in [-0.2, -0.15) is 0 Å². The largest absolute Gasteiger partial charge is 0.347 e. The van der Waals surface area contributed by atoms with Gasteiger partial charge in [0, 0.05) is 20.2 Å². The van der Waals surface area contributed by atoms with Crippen molar-refractivity contribution in [1.82, 2.24) is 19.9 Å². The van der Waals surface area contributed by atoms with Gasteiger partial charge in [-0.25, -0.2) is 19.9 Å². The topological polar surface area (TPSA) is 83.9 Å². The monoisotopic (exact) mass is 312 g/mol. The van der Waals surface area contributed by atoms with Crippen molar-refractivity contribution in [3.63, 3.8) is 0 Å². The highest BCUT2D eigenvalue weighted by molar-refractivity contribution is 6.32. The van der Waals surface area contributed by atoms with Crippen LogP contribution in [-0.4, -0.2) is 39.9 Å². The summed E-state index contributed by atoms with van der Waals surface area (Å²) in [5.41, 5.74) is 0.498. The van der Waals surface area contributed by atoms with Crippen LogP contribution in [0.3, 0.4) is 0 Å². The molecule has 1 amide bonds. The van der Waals surface area contributed by atoms with Gasteiger partial charge in [0.25, 0.3) is 5.91 Å². The van der Waals surface area contributed by atoms with Crippen LogP contribution >= 0.6 is 23.2 Å². The zero-order valence-corrected chi connectivity index (χ0v) is 12.1. The van der Waals surface area contributed by atoms with Crippen LogP contribution in [0.1, 0.15) is 10.5 Å². The Bertz CT molecular complexity index is 611. The lowest BCUT2D eigenvalue weighted by molar-refractivity contribution is 0.102. The third-order valence-electron chi connectivity index (χ3n) is 2.20. The second-order valence-electron chi connectivity index (χ2n) is 3.97. The average molecular weight is 313 g/mol. The number of carbonyl (C=O) groups is 1. The Morgan fingerprint density at radius 1 is 1.20 bits per heavy atom. The predicted octanol–water partition coefficient (Wildman–Crippen LogP) is 1.89. The Morgan fingerprint density at radius 3 is 2.40 bits per heavy atom. The number of carbonyl (C=O) groups excluding carboxylic acids is 1. The lowest BCUT2D eigenvalue weighted by Gasteiger charge is -2.10. The molecule has 20 heavy (non-hydrogen) atoms. The Balaban J connectivity index is 2.14. The molecule has 104 valence electrons. The van der Waals surface area contributed by atoms with E-state index in [4.69, 9.17) is 23.2 Å². The summed E-state index contributed by atoms with van der Waals surface area (Å²) < 4.78 is 0. The number of hydrogen-bond acceptors (Lipinski definition) is 6. The summed E-state index contributed by atoms with van der Waals surface area (Å²) in [6.45, 7) is 0. The number of nitrogens with one attached hydrogen (secondary N) is 1. The van der Waals surface area contributed by atoms with E-state index in [1.54, 1.807) is 4.90 Å². The lowest BCUT2D eigenvalue weighted by Crippen LogP contribution is -2.16. The van der Waals surface area contributed by atoms with E-state index in [1.165, 1.54) is 18.5 Å². The predicted molar refractivity (Wildman–Crippen MR) is 76.4 cm³/mol. The number of amides is 1. The van der Waals surface area contributed by atoms with Crippen molar-refractivity contribution in [3.05, 3.63) is 34.6 Å². The maximum Gasteiger partial charge on any atom is 0.274 e. The highest BCUT2D eigenvalue weighted by atomic mass is 35.5. The summed E-state index contributed by atoms with van der Waals surface area (Å²) >= 11 is 11.3. The molecule has 2 aromatic heterocycles. The van der Waals surface area contributed by atoms with Gasteiger partial charge in [0.1, 0.15) is 10.8 Å². The van der Waals surface area contributed by atoms with Gasteiger partial charge in [-0.15, -0.1) is 0 Å². The first-order valence-electron chi connectivity index (χ1n) is 5.46. The summed E-state index contributed by atoms with van der Waals surface area (Å²) in [5, 5.41) is 2.59. The van der Waals surface area contributed by atoms with E-state index in [1.807, 2.05) is 14.1 Å². The van der Waals surface area contributed by atoms with Crippen LogP contribution in [-0.2, 0) is 0 Å². The standard InChI is InChI=1S/C11H10Cl2N6O/c1-19(2)11-14-4-6(5-15-11)16-9(20)7-3-8(12)18-10(13)17-7/h3-5H,1-2H3,(H,16,20). The van der Waals surface area contributed by atoms with Gasteiger partial charge >= 0.3 is 0 Å². The van der Waals surface area contributed by atoms with E-state index in [2.05, 4.69) is 25.3 Å². The van der Waals surface area contributed by atoms with Gasteiger partial charge in [0.15, 0.2) is 0 Å². The average Bonchev–Trinajstić information content (AvgIpc) is 2.38. The summed E-state index contributed by atoms with van der Waals surface area (Å²) in [7, 11) is 3.64. The SMILES string of the molecule is CN(C)c1ncc(NC(=O)c2cc(Cl)nc(Cl)n2)cn1. The third kappa shape index (κ3) is 3.52. The summed E-state index contributed by atoms with van der Waals surface area (Å²) in [6.07, 6.45) is 2.98. The van der Waals surface area contributed by atoms with Crippen molar-refractivity contribution >= 4 is 40.7 Å². The van der Waals surface area contributed by atoms with Crippen LogP contribution in [0.15, 0.2) is 18.5 Å². The summed E-state index contributed by atoms with van der Waals surface area (Å²) in [5.74, 6) is 0.0635. The molecule has 0 spiro atoms. The molecule has 2 heterocycles. The molecule has 1 N–H and O–H groups in total. The molecule has 0 aliphatic heterocycles. The smallest absolute Gasteiger partial charge is 0.274 e. The Morgan fingerprint density at radius 2 is 1.85 bits per heavy atom. The van der Waals surface area contributed by atoms with Gasteiger partial charge in [-0.3, -0.25) is 4.79 Å². The van der Waals surface area contributed by atoms with E-state index < -0.39 is 5.91 Å². The molecule has 7 nitrogen and oxygen atoms in total. The van der Waals surface area contributed by atoms with Gasteiger partial charge in [0.05, 0.1) is 18.1 Å². The van der Waals surface area contributed by atoms with Crippen molar-refractivity contribution in [1.29, 1.82) is 0 Å².